The Kier molecular flexibility index (Phi) is 4.11. The standard InChI is InChI=1S/C11H23N3O/c1-9(14(2)3)7-13-10(15)11(8-12)5-4-6-11/h9H,4-8,12H2,1-3H3,(H,13,15). The minimum atomic E-state index is -0.244. The van der Waals surface area contributed by atoms with Crippen molar-refractivity contribution in [2.45, 2.75) is 32.2 Å². The van der Waals surface area contributed by atoms with Crippen LogP contribution in [0, 0.1) is 5.41 Å². The van der Waals surface area contributed by atoms with Gasteiger partial charge in [-0.25, -0.2) is 0 Å². The topological polar surface area (TPSA) is 58.4 Å². The van der Waals surface area contributed by atoms with Crippen LogP contribution in [0.25, 0.3) is 0 Å². The van der Waals surface area contributed by atoms with E-state index in [0.717, 1.165) is 19.3 Å². The van der Waals surface area contributed by atoms with Crippen molar-refractivity contribution in [3.8, 4) is 0 Å². The van der Waals surface area contributed by atoms with Crippen molar-refractivity contribution in [3.05, 3.63) is 0 Å². The molecule has 1 aliphatic rings. The molecule has 0 spiro atoms. The van der Waals surface area contributed by atoms with Crippen molar-refractivity contribution in [2.24, 2.45) is 11.1 Å². The Bertz CT molecular complexity index is 218. The number of rotatable bonds is 5. The van der Waals surface area contributed by atoms with Gasteiger partial charge in [-0.05, 0) is 33.9 Å². The molecule has 1 aliphatic carbocycles. The summed E-state index contributed by atoms with van der Waals surface area (Å²) in [5.41, 5.74) is 5.42. The van der Waals surface area contributed by atoms with E-state index >= 15 is 0 Å². The van der Waals surface area contributed by atoms with Gasteiger partial charge in [-0.15, -0.1) is 0 Å². The monoisotopic (exact) mass is 213 g/mol. The molecular formula is C11H23N3O. The van der Waals surface area contributed by atoms with E-state index < -0.39 is 0 Å². The fourth-order valence-corrected chi connectivity index (χ4v) is 1.74. The molecule has 0 radical (unpaired) electrons. The van der Waals surface area contributed by atoms with Crippen molar-refractivity contribution < 1.29 is 4.79 Å². The SMILES string of the molecule is CC(CNC(=O)C1(CN)CCC1)N(C)C. The molecule has 0 aromatic carbocycles. The maximum atomic E-state index is 11.9. The maximum absolute atomic E-state index is 11.9. The Labute approximate surface area is 92.2 Å². The summed E-state index contributed by atoms with van der Waals surface area (Å²) in [6.45, 7) is 3.28. The smallest absolute Gasteiger partial charge is 0.227 e. The number of hydrogen-bond acceptors (Lipinski definition) is 3. The molecule has 1 amide bonds. The Morgan fingerprint density at radius 3 is 2.47 bits per heavy atom. The van der Waals surface area contributed by atoms with E-state index in [0.29, 0.717) is 19.1 Å². The van der Waals surface area contributed by atoms with Crippen molar-refractivity contribution in [2.75, 3.05) is 27.2 Å². The van der Waals surface area contributed by atoms with E-state index in [9.17, 15) is 4.79 Å². The number of nitrogens with zero attached hydrogens (tertiary/aromatic N) is 1. The molecule has 0 bridgehead atoms. The lowest BCUT2D eigenvalue weighted by Gasteiger charge is -2.39. The molecule has 4 heteroatoms. The highest BCUT2D eigenvalue weighted by Crippen LogP contribution is 2.39. The molecule has 0 aromatic rings. The van der Waals surface area contributed by atoms with E-state index in [1.54, 1.807) is 0 Å². The molecule has 15 heavy (non-hydrogen) atoms. The van der Waals surface area contributed by atoms with Crippen LogP contribution in [0.15, 0.2) is 0 Å². The van der Waals surface area contributed by atoms with Crippen LogP contribution in [-0.2, 0) is 4.79 Å². The van der Waals surface area contributed by atoms with Crippen molar-refractivity contribution in [1.29, 1.82) is 0 Å². The predicted octanol–water partition coefficient (Wildman–Crippen LogP) is 0.182. The summed E-state index contributed by atoms with van der Waals surface area (Å²) in [6.07, 6.45) is 3.03. The summed E-state index contributed by atoms with van der Waals surface area (Å²) in [5, 5.41) is 3.00. The van der Waals surface area contributed by atoms with Gasteiger partial charge in [-0.3, -0.25) is 4.79 Å². The Balaban J connectivity index is 2.35. The summed E-state index contributed by atoms with van der Waals surface area (Å²) in [6, 6.07) is 0.365. The van der Waals surface area contributed by atoms with Gasteiger partial charge in [0.05, 0.1) is 5.41 Å². The second kappa shape index (κ2) is 4.94. The zero-order chi connectivity index (χ0) is 11.5. The lowest BCUT2D eigenvalue weighted by atomic mass is 9.68. The molecule has 1 fully saturated rings. The van der Waals surface area contributed by atoms with E-state index in [1.807, 2.05) is 14.1 Å². The van der Waals surface area contributed by atoms with E-state index in [2.05, 4.69) is 17.1 Å². The Morgan fingerprint density at radius 2 is 2.13 bits per heavy atom. The fourth-order valence-electron chi connectivity index (χ4n) is 1.74. The van der Waals surface area contributed by atoms with Crippen LogP contribution >= 0.6 is 0 Å². The van der Waals surface area contributed by atoms with Crippen LogP contribution < -0.4 is 11.1 Å². The number of nitrogens with two attached hydrogens (primary N) is 1. The predicted molar refractivity (Wildman–Crippen MR) is 61.5 cm³/mol. The summed E-state index contributed by atoms with van der Waals surface area (Å²) in [7, 11) is 4.03. The number of amides is 1. The van der Waals surface area contributed by atoms with Gasteiger partial charge in [0.2, 0.25) is 5.91 Å². The number of carbonyl (C=O) groups excluding carboxylic acids is 1. The third kappa shape index (κ3) is 2.69. The second-order valence-electron chi connectivity index (χ2n) is 4.86. The summed E-state index contributed by atoms with van der Waals surface area (Å²) >= 11 is 0. The zero-order valence-corrected chi connectivity index (χ0v) is 10.0. The number of carbonyl (C=O) groups is 1. The quantitative estimate of drug-likeness (QED) is 0.685. The first-order valence-electron chi connectivity index (χ1n) is 5.66. The van der Waals surface area contributed by atoms with Gasteiger partial charge in [-0.1, -0.05) is 6.42 Å². The molecular weight excluding hydrogens is 190 g/mol. The molecule has 1 saturated carbocycles. The van der Waals surface area contributed by atoms with Gasteiger partial charge >= 0.3 is 0 Å². The minimum absolute atomic E-state index is 0.143. The largest absolute Gasteiger partial charge is 0.354 e. The minimum Gasteiger partial charge on any atom is -0.354 e. The van der Waals surface area contributed by atoms with Gasteiger partial charge < -0.3 is 16.0 Å². The number of hydrogen-bond donors (Lipinski definition) is 2. The number of likely N-dealkylation sites (N-methyl/N-ethyl adjacent to an activating group) is 1. The zero-order valence-electron chi connectivity index (χ0n) is 10.0. The summed E-state index contributed by atoms with van der Waals surface area (Å²) in [4.78, 5) is 14.0. The summed E-state index contributed by atoms with van der Waals surface area (Å²) < 4.78 is 0. The highest BCUT2D eigenvalue weighted by Gasteiger charge is 2.42. The van der Waals surface area contributed by atoms with Crippen molar-refractivity contribution >= 4 is 5.91 Å². The molecule has 1 atom stereocenters. The lowest BCUT2D eigenvalue weighted by Crippen LogP contribution is -2.52. The van der Waals surface area contributed by atoms with E-state index in [4.69, 9.17) is 5.73 Å². The third-order valence-electron chi connectivity index (χ3n) is 3.62. The van der Waals surface area contributed by atoms with Crippen LogP contribution in [0.2, 0.25) is 0 Å². The first kappa shape index (κ1) is 12.5. The highest BCUT2D eigenvalue weighted by molar-refractivity contribution is 5.83. The molecule has 0 saturated heterocycles. The van der Waals surface area contributed by atoms with Gasteiger partial charge in [-0.2, -0.15) is 0 Å². The first-order chi connectivity index (χ1) is 7.02. The molecule has 4 nitrogen and oxygen atoms in total. The molecule has 1 rings (SSSR count). The molecule has 3 N–H and O–H groups in total. The first-order valence-corrected chi connectivity index (χ1v) is 5.66. The van der Waals surface area contributed by atoms with Crippen LogP contribution in [-0.4, -0.2) is 44.0 Å². The third-order valence-corrected chi connectivity index (χ3v) is 3.62. The average Bonchev–Trinajstić information content (AvgIpc) is 2.13. The van der Waals surface area contributed by atoms with Crippen LogP contribution in [0.1, 0.15) is 26.2 Å². The second-order valence-corrected chi connectivity index (χ2v) is 4.86. The number of nitrogens with one attached hydrogen (secondary N) is 1. The average molecular weight is 213 g/mol. The highest BCUT2D eigenvalue weighted by atomic mass is 16.2. The van der Waals surface area contributed by atoms with Crippen LogP contribution in [0.4, 0.5) is 0 Å². The molecule has 1 unspecified atom stereocenters. The molecule has 0 aromatic heterocycles. The van der Waals surface area contributed by atoms with E-state index in [1.165, 1.54) is 0 Å². The Hall–Kier alpha value is -0.610. The van der Waals surface area contributed by atoms with Crippen LogP contribution in [0.3, 0.4) is 0 Å². The summed E-state index contributed by atoms with van der Waals surface area (Å²) in [5.74, 6) is 0.143. The fraction of sp³-hybridized carbons (Fsp3) is 0.909. The van der Waals surface area contributed by atoms with Crippen molar-refractivity contribution in [3.63, 3.8) is 0 Å². The van der Waals surface area contributed by atoms with E-state index in [-0.39, 0.29) is 11.3 Å². The normalized spacial score (nSPS) is 20.9. The molecule has 88 valence electrons. The van der Waals surface area contributed by atoms with Gasteiger partial charge in [0, 0.05) is 19.1 Å². The van der Waals surface area contributed by atoms with Crippen molar-refractivity contribution in [1.82, 2.24) is 10.2 Å². The van der Waals surface area contributed by atoms with Gasteiger partial charge in [0.25, 0.3) is 0 Å². The Morgan fingerprint density at radius 1 is 1.53 bits per heavy atom. The molecule has 0 heterocycles. The van der Waals surface area contributed by atoms with Gasteiger partial charge in [0.15, 0.2) is 0 Å². The van der Waals surface area contributed by atoms with Gasteiger partial charge in [0.1, 0.15) is 0 Å². The lowest BCUT2D eigenvalue weighted by molar-refractivity contribution is -0.135. The molecule has 0 aliphatic heterocycles. The van der Waals surface area contributed by atoms with Crippen LogP contribution in [0.5, 0.6) is 0 Å². The maximum Gasteiger partial charge on any atom is 0.227 e.